The molecule has 13 heteroatoms. The second-order valence-corrected chi connectivity index (χ2v) is 10.1. The van der Waals surface area contributed by atoms with Crippen LogP contribution in [0.4, 0.5) is 16.4 Å². The summed E-state index contributed by atoms with van der Waals surface area (Å²) in [5.41, 5.74) is 2.61. The van der Waals surface area contributed by atoms with E-state index in [4.69, 9.17) is 9.47 Å². The highest BCUT2D eigenvalue weighted by molar-refractivity contribution is 7.89. The molecule has 0 atom stereocenters. The van der Waals surface area contributed by atoms with Gasteiger partial charge in [-0.1, -0.05) is 0 Å². The minimum Gasteiger partial charge on any atom is -0.379 e. The zero-order valence-corrected chi connectivity index (χ0v) is 18.8. The van der Waals surface area contributed by atoms with Crippen LogP contribution in [0.3, 0.4) is 0 Å². The smallest absolute Gasteiger partial charge is 0.270 e. The third-order valence-electron chi connectivity index (χ3n) is 5.08. The molecule has 1 aromatic heterocycles. The minimum absolute atomic E-state index is 0.170. The van der Waals surface area contributed by atoms with Crippen molar-refractivity contribution in [1.82, 2.24) is 4.31 Å². The summed E-state index contributed by atoms with van der Waals surface area (Å²) in [5.74, 6) is 0. The van der Waals surface area contributed by atoms with Crippen LogP contribution in [-0.2, 0) is 19.5 Å². The highest BCUT2D eigenvalue weighted by Crippen LogP contribution is 2.30. The van der Waals surface area contributed by atoms with Crippen LogP contribution in [0.15, 0.2) is 40.3 Å². The number of hydrogen-bond acceptors (Lipinski definition) is 10. The molecule has 0 amide bonds. The maximum atomic E-state index is 13.1. The molecule has 2 aliphatic heterocycles. The maximum absolute atomic E-state index is 13.1. The second kappa shape index (κ2) is 9.92. The highest BCUT2D eigenvalue weighted by atomic mass is 32.2. The number of morpholine rings is 2. The number of nitrogens with one attached hydrogen (secondary N) is 1. The van der Waals surface area contributed by atoms with E-state index in [0.29, 0.717) is 13.2 Å². The quantitative estimate of drug-likeness (QED) is 0.361. The Labute approximate surface area is 189 Å². The lowest BCUT2D eigenvalue weighted by atomic mass is 10.3. The number of sulfonamides is 1. The van der Waals surface area contributed by atoms with Crippen LogP contribution in [0.25, 0.3) is 0 Å². The fraction of sp³-hybridized carbons (Fsp3) is 0.421. The summed E-state index contributed by atoms with van der Waals surface area (Å²) in [4.78, 5) is 13.5. The number of benzene rings is 1. The Balaban J connectivity index is 1.54. The van der Waals surface area contributed by atoms with Gasteiger partial charge in [-0.15, -0.1) is 11.3 Å². The van der Waals surface area contributed by atoms with Gasteiger partial charge >= 0.3 is 0 Å². The normalized spacial score (nSPS) is 18.2. The van der Waals surface area contributed by atoms with Gasteiger partial charge in [-0.3, -0.25) is 15.5 Å². The molecular weight excluding hydrogens is 458 g/mol. The van der Waals surface area contributed by atoms with Crippen LogP contribution < -0.4 is 10.3 Å². The third-order valence-corrected chi connectivity index (χ3v) is 8.10. The molecule has 0 unspecified atom stereocenters. The fourth-order valence-electron chi connectivity index (χ4n) is 3.39. The van der Waals surface area contributed by atoms with E-state index < -0.39 is 14.9 Å². The lowest BCUT2D eigenvalue weighted by Gasteiger charge is -2.27. The first-order chi connectivity index (χ1) is 15.4. The number of nitro groups is 1. The van der Waals surface area contributed by atoms with Gasteiger partial charge in [0.25, 0.3) is 5.69 Å². The Morgan fingerprint density at radius 2 is 1.75 bits per heavy atom. The van der Waals surface area contributed by atoms with Gasteiger partial charge < -0.3 is 14.4 Å². The number of hydrogen-bond donors (Lipinski definition) is 1. The van der Waals surface area contributed by atoms with E-state index in [-0.39, 0.29) is 42.6 Å². The summed E-state index contributed by atoms with van der Waals surface area (Å²) >= 11 is 1.56. The van der Waals surface area contributed by atoms with Gasteiger partial charge in [-0.2, -0.15) is 9.41 Å². The van der Waals surface area contributed by atoms with E-state index in [9.17, 15) is 18.5 Å². The molecule has 1 N–H and O–H groups in total. The summed E-state index contributed by atoms with van der Waals surface area (Å²) < 4.78 is 38.1. The van der Waals surface area contributed by atoms with E-state index in [1.54, 1.807) is 17.6 Å². The second-order valence-electron chi connectivity index (χ2n) is 7.10. The van der Waals surface area contributed by atoms with Crippen molar-refractivity contribution in [1.29, 1.82) is 0 Å². The Morgan fingerprint density at radius 1 is 1.06 bits per heavy atom. The number of rotatable bonds is 7. The highest BCUT2D eigenvalue weighted by Gasteiger charge is 2.30. The molecule has 4 rings (SSSR count). The maximum Gasteiger partial charge on any atom is 0.270 e. The lowest BCUT2D eigenvalue weighted by molar-refractivity contribution is -0.385. The number of nitro benzene ring substituents is 1. The standard InChI is InChI=1S/C19H23N5O6S2/c25-24(26)15-1-3-17(18(13-15)32(27,28)23-7-11-30-12-8-23)21-20-14-16-2-4-19(31-16)22-5-9-29-10-6-22/h1-4,13-14,21H,5-12H2/b20-14-. The Kier molecular flexibility index (Phi) is 7.01. The molecule has 32 heavy (non-hydrogen) atoms. The molecule has 0 aliphatic carbocycles. The van der Waals surface area contributed by atoms with Gasteiger partial charge in [0.1, 0.15) is 4.90 Å². The predicted molar refractivity (Wildman–Crippen MR) is 121 cm³/mol. The molecule has 0 bridgehead atoms. The van der Waals surface area contributed by atoms with Crippen LogP contribution in [0.5, 0.6) is 0 Å². The van der Waals surface area contributed by atoms with Crippen molar-refractivity contribution in [3.63, 3.8) is 0 Å². The van der Waals surface area contributed by atoms with E-state index in [0.717, 1.165) is 29.0 Å². The summed E-state index contributed by atoms with van der Waals surface area (Å²) in [6.45, 7) is 3.99. The number of nitrogens with zero attached hydrogens (tertiary/aromatic N) is 4. The van der Waals surface area contributed by atoms with Crippen LogP contribution in [-0.4, -0.2) is 76.5 Å². The average Bonchev–Trinajstić information content (AvgIpc) is 3.29. The van der Waals surface area contributed by atoms with Crippen molar-refractivity contribution in [2.75, 3.05) is 62.9 Å². The van der Waals surface area contributed by atoms with Crippen molar-refractivity contribution in [2.45, 2.75) is 4.90 Å². The summed E-state index contributed by atoms with van der Waals surface area (Å²) in [7, 11) is -3.96. The minimum atomic E-state index is -3.96. The van der Waals surface area contributed by atoms with Crippen molar-refractivity contribution < 1.29 is 22.8 Å². The fourth-order valence-corrected chi connectivity index (χ4v) is 5.89. The van der Waals surface area contributed by atoms with Crippen molar-refractivity contribution >= 4 is 44.0 Å². The monoisotopic (exact) mass is 481 g/mol. The number of non-ortho nitro benzene ring substituents is 1. The largest absolute Gasteiger partial charge is 0.379 e. The average molecular weight is 482 g/mol. The van der Waals surface area contributed by atoms with Gasteiger partial charge in [0.05, 0.1) is 48.3 Å². The molecular formula is C19H23N5O6S2. The summed E-state index contributed by atoms with van der Waals surface area (Å²) in [6, 6.07) is 7.61. The number of ether oxygens (including phenoxy) is 2. The molecule has 11 nitrogen and oxygen atoms in total. The van der Waals surface area contributed by atoms with Gasteiger partial charge in [0.15, 0.2) is 0 Å². The Bertz CT molecular complexity index is 1090. The van der Waals surface area contributed by atoms with Crippen molar-refractivity contribution in [2.24, 2.45) is 5.10 Å². The topological polar surface area (TPSA) is 127 Å². The molecule has 0 spiro atoms. The van der Waals surface area contributed by atoms with E-state index >= 15 is 0 Å². The molecule has 2 saturated heterocycles. The first-order valence-corrected chi connectivity index (χ1v) is 12.3. The van der Waals surface area contributed by atoms with Gasteiger partial charge in [-0.25, -0.2) is 8.42 Å². The molecule has 2 aliphatic rings. The van der Waals surface area contributed by atoms with Gasteiger partial charge in [0.2, 0.25) is 10.0 Å². The SMILES string of the molecule is O=[N+]([O-])c1ccc(N/N=C\c2ccc(N3CCOCC3)s2)c(S(=O)(=O)N2CCOCC2)c1. The first-order valence-electron chi connectivity index (χ1n) is 10.0. The van der Waals surface area contributed by atoms with E-state index in [1.807, 2.05) is 12.1 Å². The molecule has 2 aromatic rings. The predicted octanol–water partition coefficient (Wildman–Crippen LogP) is 1.96. The zero-order valence-electron chi connectivity index (χ0n) is 17.2. The number of hydrazone groups is 1. The van der Waals surface area contributed by atoms with Crippen LogP contribution in [0, 0.1) is 10.1 Å². The van der Waals surface area contributed by atoms with Crippen LogP contribution in [0.2, 0.25) is 0 Å². The van der Waals surface area contributed by atoms with E-state index in [1.165, 1.54) is 16.4 Å². The van der Waals surface area contributed by atoms with Gasteiger partial charge in [-0.05, 0) is 18.2 Å². The Morgan fingerprint density at radius 3 is 2.44 bits per heavy atom. The van der Waals surface area contributed by atoms with Crippen molar-refractivity contribution in [3.05, 3.63) is 45.3 Å². The van der Waals surface area contributed by atoms with Crippen LogP contribution >= 0.6 is 11.3 Å². The van der Waals surface area contributed by atoms with E-state index in [2.05, 4.69) is 15.4 Å². The molecule has 1 aromatic carbocycles. The van der Waals surface area contributed by atoms with Crippen molar-refractivity contribution in [3.8, 4) is 0 Å². The zero-order chi connectivity index (χ0) is 22.6. The molecule has 0 radical (unpaired) electrons. The molecule has 3 heterocycles. The molecule has 0 saturated carbocycles. The Hall–Kier alpha value is -2.58. The molecule has 2 fully saturated rings. The number of anilines is 2. The van der Waals surface area contributed by atoms with Crippen LogP contribution in [0.1, 0.15) is 4.88 Å². The van der Waals surface area contributed by atoms with Gasteiger partial charge in [0, 0.05) is 43.2 Å². The molecule has 172 valence electrons. The number of thiophene rings is 1. The third kappa shape index (κ3) is 5.07. The lowest BCUT2D eigenvalue weighted by Crippen LogP contribution is -2.40. The summed E-state index contributed by atoms with van der Waals surface area (Å²) in [5, 5.41) is 16.5. The first kappa shape index (κ1) is 22.6. The summed E-state index contributed by atoms with van der Waals surface area (Å²) in [6.07, 6.45) is 1.60.